The molecule has 5 heteroatoms. The maximum Gasteiger partial charge on any atom is 0.182 e. The van der Waals surface area contributed by atoms with Crippen LogP contribution in [0.2, 0.25) is 0 Å². The normalized spacial score (nSPS) is 11.1. The summed E-state index contributed by atoms with van der Waals surface area (Å²) in [7, 11) is 0. The van der Waals surface area contributed by atoms with Gasteiger partial charge in [0.05, 0.1) is 6.04 Å². The van der Waals surface area contributed by atoms with Crippen molar-refractivity contribution in [1.82, 2.24) is 20.2 Å². The number of tetrazole rings is 1. The minimum Gasteiger partial charge on any atom is -0.398 e. The molecule has 0 aliphatic carbocycles. The van der Waals surface area contributed by atoms with E-state index in [1.54, 1.807) is 0 Å². The van der Waals surface area contributed by atoms with Crippen molar-refractivity contribution in [3.05, 3.63) is 23.8 Å². The third kappa shape index (κ3) is 2.08. The molecule has 2 N–H and O–H groups in total. The lowest BCUT2D eigenvalue weighted by molar-refractivity contribution is 0.422. The summed E-state index contributed by atoms with van der Waals surface area (Å²) >= 11 is 0. The van der Waals surface area contributed by atoms with Crippen molar-refractivity contribution < 1.29 is 0 Å². The number of hydrogen-bond donors (Lipinski definition) is 1. The van der Waals surface area contributed by atoms with Gasteiger partial charge in [-0.2, -0.15) is 0 Å². The molecule has 0 atom stereocenters. The van der Waals surface area contributed by atoms with Gasteiger partial charge in [-0.25, -0.2) is 4.68 Å². The van der Waals surface area contributed by atoms with E-state index in [0.717, 1.165) is 35.5 Å². The maximum absolute atomic E-state index is 5.94. The Morgan fingerprint density at radius 3 is 2.67 bits per heavy atom. The van der Waals surface area contributed by atoms with Crippen LogP contribution in [0.4, 0.5) is 5.69 Å². The zero-order valence-corrected chi connectivity index (χ0v) is 11.1. The first kappa shape index (κ1) is 12.5. The Bertz CT molecular complexity index is 528. The van der Waals surface area contributed by atoms with Crippen LogP contribution in [0.3, 0.4) is 0 Å². The summed E-state index contributed by atoms with van der Waals surface area (Å²) < 4.78 is 1.90. The quantitative estimate of drug-likeness (QED) is 0.840. The summed E-state index contributed by atoms with van der Waals surface area (Å²) in [5.74, 6) is 0.800. The highest BCUT2D eigenvalue weighted by atomic mass is 15.5. The highest BCUT2D eigenvalue weighted by molar-refractivity contribution is 5.67. The summed E-state index contributed by atoms with van der Waals surface area (Å²) in [6.07, 6.45) is 2.02. The topological polar surface area (TPSA) is 69.6 Å². The van der Waals surface area contributed by atoms with Gasteiger partial charge in [-0.1, -0.05) is 26.0 Å². The molecule has 1 heterocycles. The monoisotopic (exact) mass is 245 g/mol. The van der Waals surface area contributed by atoms with E-state index in [9.17, 15) is 0 Å². The van der Waals surface area contributed by atoms with Crippen molar-refractivity contribution >= 4 is 5.69 Å². The van der Waals surface area contributed by atoms with E-state index in [0.29, 0.717) is 6.04 Å². The summed E-state index contributed by atoms with van der Waals surface area (Å²) in [5.41, 5.74) is 8.74. The molecule has 0 radical (unpaired) electrons. The van der Waals surface area contributed by atoms with Gasteiger partial charge in [-0.05, 0) is 41.8 Å². The highest BCUT2D eigenvalue weighted by Gasteiger charge is 2.17. The van der Waals surface area contributed by atoms with E-state index in [1.165, 1.54) is 0 Å². The fourth-order valence-corrected chi connectivity index (χ4v) is 2.15. The third-order valence-corrected chi connectivity index (χ3v) is 3.40. The molecule has 96 valence electrons. The number of nitrogens with zero attached hydrogens (tertiary/aromatic N) is 4. The van der Waals surface area contributed by atoms with Crippen molar-refractivity contribution in [2.75, 3.05) is 5.73 Å². The Hall–Kier alpha value is -1.91. The van der Waals surface area contributed by atoms with Gasteiger partial charge in [-0.15, -0.1) is 5.10 Å². The number of aromatic nitrogens is 4. The Morgan fingerprint density at radius 1 is 1.28 bits per heavy atom. The molecule has 2 rings (SSSR count). The summed E-state index contributed by atoms with van der Waals surface area (Å²) in [4.78, 5) is 0. The molecule has 5 nitrogen and oxygen atoms in total. The van der Waals surface area contributed by atoms with E-state index >= 15 is 0 Å². The second kappa shape index (κ2) is 5.16. The average molecular weight is 245 g/mol. The Morgan fingerprint density at radius 2 is 2.00 bits per heavy atom. The first-order chi connectivity index (χ1) is 8.69. The van der Waals surface area contributed by atoms with Gasteiger partial charge < -0.3 is 5.73 Å². The molecule has 18 heavy (non-hydrogen) atoms. The molecule has 0 spiro atoms. The number of benzene rings is 1. The van der Waals surface area contributed by atoms with Crippen molar-refractivity contribution in [3.8, 4) is 11.4 Å². The predicted molar refractivity (Wildman–Crippen MR) is 72.0 cm³/mol. The molecule has 0 bridgehead atoms. The molecule has 0 aliphatic rings. The van der Waals surface area contributed by atoms with Gasteiger partial charge >= 0.3 is 0 Å². The van der Waals surface area contributed by atoms with Crippen LogP contribution in [-0.2, 0) is 0 Å². The largest absolute Gasteiger partial charge is 0.398 e. The molecule has 0 saturated heterocycles. The van der Waals surface area contributed by atoms with Gasteiger partial charge in [0.1, 0.15) is 0 Å². The van der Waals surface area contributed by atoms with Crippen LogP contribution in [0.5, 0.6) is 0 Å². The Kier molecular flexibility index (Phi) is 3.60. The van der Waals surface area contributed by atoms with Crippen LogP contribution in [-0.4, -0.2) is 20.2 Å². The second-order valence-electron chi connectivity index (χ2n) is 4.44. The number of nitrogens with two attached hydrogens (primary N) is 1. The smallest absolute Gasteiger partial charge is 0.182 e. The first-order valence-corrected chi connectivity index (χ1v) is 6.32. The number of hydrogen-bond acceptors (Lipinski definition) is 4. The average Bonchev–Trinajstić information content (AvgIpc) is 2.83. The van der Waals surface area contributed by atoms with Gasteiger partial charge in [0.25, 0.3) is 0 Å². The van der Waals surface area contributed by atoms with E-state index < -0.39 is 0 Å². The van der Waals surface area contributed by atoms with Gasteiger partial charge in [-0.3, -0.25) is 0 Å². The van der Waals surface area contributed by atoms with Gasteiger partial charge in [0.2, 0.25) is 0 Å². The van der Waals surface area contributed by atoms with Crippen LogP contribution in [0, 0.1) is 6.92 Å². The van der Waals surface area contributed by atoms with E-state index in [4.69, 9.17) is 5.73 Å². The molecule has 0 amide bonds. The summed E-state index contributed by atoms with van der Waals surface area (Å²) in [6.45, 7) is 6.29. The van der Waals surface area contributed by atoms with E-state index in [1.807, 2.05) is 29.8 Å². The molecule has 0 unspecified atom stereocenters. The molecule has 0 fully saturated rings. The molecule has 0 saturated carbocycles. The van der Waals surface area contributed by atoms with Gasteiger partial charge in [0, 0.05) is 11.3 Å². The lowest BCUT2D eigenvalue weighted by Gasteiger charge is -2.15. The zero-order valence-electron chi connectivity index (χ0n) is 11.1. The van der Waals surface area contributed by atoms with Crippen molar-refractivity contribution in [3.63, 3.8) is 0 Å². The fourth-order valence-electron chi connectivity index (χ4n) is 2.15. The summed E-state index contributed by atoms with van der Waals surface area (Å²) in [5, 5.41) is 12.1. The molecular weight excluding hydrogens is 226 g/mol. The van der Waals surface area contributed by atoms with Gasteiger partial charge in [0.15, 0.2) is 5.82 Å². The first-order valence-electron chi connectivity index (χ1n) is 6.32. The lowest BCUT2D eigenvalue weighted by atomic mass is 10.1. The van der Waals surface area contributed by atoms with Crippen LogP contribution in [0.25, 0.3) is 11.4 Å². The predicted octanol–water partition coefficient (Wildman–Crippen LogP) is 2.59. The lowest BCUT2D eigenvalue weighted by Crippen LogP contribution is -2.11. The Labute approximate surface area is 107 Å². The van der Waals surface area contributed by atoms with Crippen LogP contribution >= 0.6 is 0 Å². The number of nitrogen functional groups attached to an aromatic ring is 1. The number of anilines is 1. The fraction of sp³-hybridized carbons (Fsp3) is 0.462. The minimum atomic E-state index is 0.329. The minimum absolute atomic E-state index is 0.329. The molecule has 0 aliphatic heterocycles. The zero-order chi connectivity index (χ0) is 13.1. The molecule has 1 aromatic heterocycles. The maximum atomic E-state index is 5.94. The standard InChI is InChI=1S/C13H19N5/c1-4-10(5-2)18-13(15-16-17-18)11-7-6-8-12(14)9(11)3/h6-8,10H,4-5,14H2,1-3H3. The van der Waals surface area contributed by atoms with Crippen molar-refractivity contribution in [2.24, 2.45) is 0 Å². The van der Waals surface area contributed by atoms with E-state index in [-0.39, 0.29) is 0 Å². The second-order valence-corrected chi connectivity index (χ2v) is 4.44. The van der Waals surface area contributed by atoms with E-state index in [2.05, 4.69) is 29.4 Å². The highest BCUT2D eigenvalue weighted by Crippen LogP contribution is 2.27. The molecule has 2 aromatic rings. The summed E-state index contributed by atoms with van der Waals surface area (Å²) in [6, 6.07) is 6.17. The van der Waals surface area contributed by atoms with Crippen molar-refractivity contribution in [2.45, 2.75) is 39.7 Å². The third-order valence-electron chi connectivity index (χ3n) is 3.40. The SMILES string of the molecule is CCC(CC)n1nnnc1-c1cccc(N)c1C. The number of rotatable bonds is 4. The van der Waals surface area contributed by atoms with Crippen molar-refractivity contribution in [1.29, 1.82) is 0 Å². The Balaban J connectivity index is 2.52. The van der Waals surface area contributed by atoms with Crippen LogP contribution < -0.4 is 5.73 Å². The molecule has 1 aromatic carbocycles. The van der Waals surface area contributed by atoms with Crippen LogP contribution in [0.15, 0.2) is 18.2 Å². The van der Waals surface area contributed by atoms with Crippen LogP contribution in [0.1, 0.15) is 38.3 Å². The molecular formula is C13H19N5.